The Hall–Kier alpha value is 0.0300. The van der Waals surface area contributed by atoms with E-state index in [4.69, 9.17) is 10.5 Å². The van der Waals surface area contributed by atoms with Crippen LogP contribution in [0.3, 0.4) is 0 Å². The van der Waals surface area contributed by atoms with Crippen LogP contribution in [0, 0.1) is 0 Å². The van der Waals surface area contributed by atoms with Gasteiger partial charge in [0.1, 0.15) is 12.6 Å². The molecule has 0 saturated carbocycles. The number of thioether (sulfide) groups is 1. The molecule has 0 amide bonds. The summed E-state index contributed by atoms with van der Waals surface area (Å²) in [4.78, 5) is 13.6. The van der Waals surface area contributed by atoms with Crippen molar-refractivity contribution in [3.05, 3.63) is 0 Å². The molecule has 6 heteroatoms. The van der Waals surface area contributed by atoms with E-state index in [1.54, 1.807) is 11.8 Å². The normalized spacial score (nSPS) is 12.1. The van der Waals surface area contributed by atoms with E-state index in [1.165, 1.54) is 0 Å². The number of nitrogens with zero attached hydrogens (tertiary/aromatic N) is 1. The van der Waals surface area contributed by atoms with Crippen LogP contribution in [0.2, 0.25) is 0 Å². The molecule has 2 N–H and O–H groups in total. The molecule has 0 radical (unpaired) electrons. The van der Waals surface area contributed by atoms with Crippen LogP contribution in [-0.2, 0) is 9.53 Å². The lowest BCUT2D eigenvalue weighted by Gasteiger charge is -2.18. The van der Waals surface area contributed by atoms with Crippen LogP contribution in [-0.4, -0.2) is 55.2 Å². The third-order valence-corrected chi connectivity index (χ3v) is 3.13. The van der Waals surface area contributed by atoms with Gasteiger partial charge in [-0.15, -0.1) is 12.4 Å². The van der Waals surface area contributed by atoms with E-state index in [0.29, 0.717) is 13.0 Å². The number of hydrogen-bond donors (Lipinski definition) is 1. The maximum absolute atomic E-state index is 11.4. The SMILES string of the molecule is CCN(CC)CCOC(=O)[C@@H](N)CCSC.Cl. The Kier molecular flexibility index (Phi) is 14.2. The topological polar surface area (TPSA) is 55.6 Å². The number of rotatable bonds is 9. The molecule has 104 valence electrons. The molecular formula is C11H25ClN2O2S. The average molecular weight is 285 g/mol. The molecule has 0 aliphatic rings. The van der Waals surface area contributed by atoms with Crippen molar-refractivity contribution in [1.29, 1.82) is 0 Å². The minimum Gasteiger partial charge on any atom is -0.463 e. The van der Waals surface area contributed by atoms with Gasteiger partial charge in [0, 0.05) is 6.54 Å². The van der Waals surface area contributed by atoms with Gasteiger partial charge in [-0.3, -0.25) is 4.79 Å². The molecule has 0 aromatic heterocycles. The molecule has 0 bridgehead atoms. The van der Waals surface area contributed by atoms with Crippen molar-refractivity contribution in [3.8, 4) is 0 Å². The Morgan fingerprint density at radius 2 is 2.00 bits per heavy atom. The molecule has 0 aliphatic heterocycles. The first kappa shape index (κ1) is 19.4. The van der Waals surface area contributed by atoms with Gasteiger partial charge >= 0.3 is 5.97 Å². The Morgan fingerprint density at radius 3 is 2.47 bits per heavy atom. The highest BCUT2D eigenvalue weighted by Gasteiger charge is 2.14. The van der Waals surface area contributed by atoms with E-state index in [0.717, 1.165) is 25.4 Å². The first-order valence-corrected chi connectivity index (χ1v) is 7.18. The highest BCUT2D eigenvalue weighted by molar-refractivity contribution is 7.98. The van der Waals surface area contributed by atoms with Gasteiger partial charge in [-0.1, -0.05) is 13.8 Å². The maximum Gasteiger partial charge on any atom is 0.322 e. The quantitative estimate of drug-likeness (QED) is 0.648. The van der Waals surface area contributed by atoms with E-state index in [9.17, 15) is 4.79 Å². The predicted molar refractivity (Wildman–Crippen MR) is 77.0 cm³/mol. The average Bonchev–Trinajstić information content (AvgIpc) is 2.31. The number of esters is 1. The van der Waals surface area contributed by atoms with E-state index in [1.807, 2.05) is 6.26 Å². The smallest absolute Gasteiger partial charge is 0.322 e. The van der Waals surface area contributed by atoms with Crippen LogP contribution in [0.1, 0.15) is 20.3 Å². The summed E-state index contributed by atoms with van der Waals surface area (Å²) in [7, 11) is 0. The molecule has 17 heavy (non-hydrogen) atoms. The molecule has 0 aromatic carbocycles. The highest BCUT2D eigenvalue weighted by atomic mass is 35.5. The van der Waals surface area contributed by atoms with E-state index >= 15 is 0 Å². The van der Waals surface area contributed by atoms with Crippen molar-refractivity contribution in [3.63, 3.8) is 0 Å². The zero-order valence-electron chi connectivity index (χ0n) is 11.0. The van der Waals surface area contributed by atoms with Gasteiger partial charge in [0.05, 0.1) is 0 Å². The van der Waals surface area contributed by atoms with Crippen LogP contribution >= 0.6 is 24.2 Å². The third kappa shape index (κ3) is 9.71. The third-order valence-electron chi connectivity index (χ3n) is 2.48. The van der Waals surface area contributed by atoms with E-state index in [2.05, 4.69) is 18.7 Å². The highest BCUT2D eigenvalue weighted by Crippen LogP contribution is 2.00. The molecule has 0 saturated heterocycles. The van der Waals surface area contributed by atoms with Crippen molar-refractivity contribution in [2.45, 2.75) is 26.3 Å². The van der Waals surface area contributed by atoms with Gasteiger partial charge in [0.25, 0.3) is 0 Å². The lowest BCUT2D eigenvalue weighted by molar-refractivity contribution is -0.145. The number of nitrogens with two attached hydrogens (primary N) is 1. The van der Waals surface area contributed by atoms with E-state index in [-0.39, 0.29) is 18.4 Å². The van der Waals surface area contributed by atoms with Crippen LogP contribution in [0.5, 0.6) is 0 Å². The fourth-order valence-electron chi connectivity index (χ4n) is 1.28. The Bertz CT molecular complexity index is 192. The van der Waals surface area contributed by atoms with Crippen LogP contribution in [0.4, 0.5) is 0 Å². The number of halogens is 1. The molecular weight excluding hydrogens is 260 g/mol. The standard InChI is InChI=1S/C11H24N2O2S.ClH/c1-4-13(5-2)7-8-15-11(14)10(12)6-9-16-3;/h10H,4-9,12H2,1-3H3;1H/t10-;/m0./s1. The molecule has 0 aromatic rings. The molecule has 4 nitrogen and oxygen atoms in total. The van der Waals surface area contributed by atoms with Crippen molar-refractivity contribution < 1.29 is 9.53 Å². The summed E-state index contributed by atoms with van der Waals surface area (Å²) in [6.07, 6.45) is 2.68. The molecule has 0 unspecified atom stereocenters. The molecule has 0 rings (SSSR count). The predicted octanol–water partition coefficient (Wildman–Crippen LogP) is 1.37. The van der Waals surface area contributed by atoms with Gasteiger partial charge in [-0.05, 0) is 31.5 Å². The molecule has 0 spiro atoms. The van der Waals surface area contributed by atoms with Crippen molar-refractivity contribution >= 4 is 30.1 Å². The fraction of sp³-hybridized carbons (Fsp3) is 0.909. The lowest BCUT2D eigenvalue weighted by Crippen LogP contribution is -2.35. The molecule has 0 fully saturated rings. The second-order valence-corrected chi connectivity index (χ2v) is 4.57. The Balaban J connectivity index is 0. The van der Waals surface area contributed by atoms with Crippen LogP contribution in [0.25, 0.3) is 0 Å². The fourth-order valence-corrected chi connectivity index (χ4v) is 1.77. The summed E-state index contributed by atoms with van der Waals surface area (Å²) < 4.78 is 5.12. The zero-order valence-corrected chi connectivity index (χ0v) is 12.6. The van der Waals surface area contributed by atoms with Crippen molar-refractivity contribution in [2.75, 3.05) is 38.2 Å². The number of ether oxygens (including phenoxy) is 1. The van der Waals surface area contributed by atoms with Gasteiger partial charge in [0.15, 0.2) is 0 Å². The Morgan fingerprint density at radius 1 is 1.41 bits per heavy atom. The maximum atomic E-state index is 11.4. The second-order valence-electron chi connectivity index (χ2n) is 3.58. The van der Waals surface area contributed by atoms with E-state index < -0.39 is 6.04 Å². The Labute approximate surface area is 115 Å². The number of carbonyl (C=O) groups is 1. The van der Waals surface area contributed by atoms with Crippen molar-refractivity contribution in [2.24, 2.45) is 5.73 Å². The van der Waals surface area contributed by atoms with Crippen LogP contribution in [0.15, 0.2) is 0 Å². The summed E-state index contributed by atoms with van der Waals surface area (Å²) in [6.45, 7) is 7.37. The minimum absolute atomic E-state index is 0. The monoisotopic (exact) mass is 284 g/mol. The summed E-state index contributed by atoms with van der Waals surface area (Å²) >= 11 is 1.69. The summed E-state index contributed by atoms with van der Waals surface area (Å²) in [6, 6.07) is -0.468. The first-order valence-electron chi connectivity index (χ1n) is 5.79. The van der Waals surface area contributed by atoms with Gasteiger partial charge < -0.3 is 15.4 Å². The van der Waals surface area contributed by atoms with Gasteiger partial charge in [-0.2, -0.15) is 11.8 Å². The largest absolute Gasteiger partial charge is 0.463 e. The first-order chi connectivity index (χ1) is 7.65. The summed E-state index contributed by atoms with van der Waals surface area (Å²) in [5, 5.41) is 0. The minimum atomic E-state index is -0.468. The number of hydrogen-bond acceptors (Lipinski definition) is 5. The van der Waals surface area contributed by atoms with Crippen molar-refractivity contribution in [1.82, 2.24) is 4.90 Å². The van der Waals surface area contributed by atoms with Gasteiger partial charge in [0.2, 0.25) is 0 Å². The summed E-state index contributed by atoms with van der Waals surface area (Å²) in [5.74, 6) is 0.618. The lowest BCUT2D eigenvalue weighted by atomic mass is 10.2. The molecule has 0 aliphatic carbocycles. The second kappa shape index (κ2) is 12.5. The number of likely N-dealkylation sites (N-methyl/N-ethyl adjacent to an activating group) is 1. The van der Waals surface area contributed by atoms with Gasteiger partial charge in [-0.25, -0.2) is 0 Å². The molecule has 0 heterocycles. The summed E-state index contributed by atoms with van der Waals surface area (Å²) in [5.41, 5.74) is 5.68. The molecule has 1 atom stereocenters. The van der Waals surface area contributed by atoms with Crippen LogP contribution < -0.4 is 5.73 Å². The zero-order chi connectivity index (χ0) is 12.4. The number of carbonyl (C=O) groups excluding carboxylic acids is 1.